The molecule has 16 heavy (non-hydrogen) atoms. The summed E-state index contributed by atoms with van der Waals surface area (Å²) in [5.74, 6) is 0. The van der Waals surface area contributed by atoms with Crippen molar-refractivity contribution in [3.8, 4) is 0 Å². The Morgan fingerprint density at radius 1 is 1.25 bits per heavy atom. The van der Waals surface area contributed by atoms with Crippen LogP contribution in [0, 0.1) is 0 Å². The van der Waals surface area contributed by atoms with Crippen LogP contribution in [0.4, 0.5) is 0 Å². The molecule has 0 aliphatic carbocycles. The van der Waals surface area contributed by atoms with E-state index in [0.29, 0.717) is 6.04 Å². The van der Waals surface area contributed by atoms with Gasteiger partial charge in [0.25, 0.3) is 0 Å². The molecular weight excluding hydrogens is 198 g/mol. The lowest BCUT2D eigenvalue weighted by atomic mass is 9.73. The lowest BCUT2D eigenvalue weighted by Gasteiger charge is -2.41. The predicted molar refractivity (Wildman–Crippen MR) is 68.6 cm³/mol. The summed E-state index contributed by atoms with van der Waals surface area (Å²) >= 11 is 0. The molecule has 2 heteroatoms. The Kier molecular flexibility index (Phi) is 4.51. The average molecular weight is 221 g/mol. The van der Waals surface area contributed by atoms with Crippen LogP contribution in [-0.4, -0.2) is 36.8 Å². The van der Waals surface area contributed by atoms with Gasteiger partial charge in [0, 0.05) is 11.5 Å². The Bertz CT molecular complexity index is 304. The van der Waals surface area contributed by atoms with Gasteiger partial charge in [-0.2, -0.15) is 0 Å². The highest BCUT2D eigenvalue weighted by Crippen LogP contribution is 2.33. The number of aliphatic hydroxyl groups is 1. The summed E-state index contributed by atoms with van der Waals surface area (Å²) in [7, 11) is 4.13. The van der Waals surface area contributed by atoms with Crippen molar-refractivity contribution in [2.24, 2.45) is 0 Å². The van der Waals surface area contributed by atoms with Crippen molar-refractivity contribution < 1.29 is 5.11 Å². The smallest absolute Gasteiger partial charge is 0.0542 e. The van der Waals surface area contributed by atoms with Crippen molar-refractivity contribution in [3.05, 3.63) is 35.9 Å². The summed E-state index contributed by atoms with van der Waals surface area (Å²) in [6.45, 7) is 4.50. The van der Waals surface area contributed by atoms with Gasteiger partial charge in [-0.25, -0.2) is 0 Å². The second-order valence-corrected chi connectivity index (χ2v) is 4.67. The molecule has 0 heterocycles. The molecule has 0 bridgehead atoms. The molecule has 0 spiro atoms. The minimum Gasteiger partial charge on any atom is -0.395 e. The van der Waals surface area contributed by atoms with E-state index in [0.717, 1.165) is 6.42 Å². The molecule has 0 amide bonds. The van der Waals surface area contributed by atoms with E-state index in [-0.39, 0.29) is 12.0 Å². The van der Waals surface area contributed by atoms with Crippen molar-refractivity contribution in [2.45, 2.75) is 31.7 Å². The average Bonchev–Trinajstić information content (AvgIpc) is 2.32. The Balaban J connectivity index is 3.15. The fourth-order valence-corrected chi connectivity index (χ4v) is 2.34. The van der Waals surface area contributed by atoms with E-state index >= 15 is 0 Å². The first kappa shape index (κ1) is 13.2. The standard InChI is InChI=1S/C14H23NO/c1-5-14(11-16,12(2)15(3)4)13-9-7-6-8-10-13/h6-10,12,16H,5,11H2,1-4H3. The highest BCUT2D eigenvalue weighted by molar-refractivity contribution is 5.27. The van der Waals surface area contributed by atoms with E-state index in [9.17, 15) is 5.11 Å². The number of aliphatic hydroxyl groups excluding tert-OH is 1. The van der Waals surface area contributed by atoms with Crippen LogP contribution < -0.4 is 0 Å². The zero-order valence-electron chi connectivity index (χ0n) is 10.8. The highest BCUT2D eigenvalue weighted by atomic mass is 16.3. The zero-order chi connectivity index (χ0) is 12.2. The summed E-state index contributed by atoms with van der Waals surface area (Å²) in [6, 6.07) is 10.6. The minimum absolute atomic E-state index is 0.162. The summed E-state index contributed by atoms with van der Waals surface area (Å²) in [6.07, 6.45) is 0.937. The largest absolute Gasteiger partial charge is 0.395 e. The van der Waals surface area contributed by atoms with Gasteiger partial charge >= 0.3 is 0 Å². The molecule has 2 atom stereocenters. The SMILES string of the molecule is CCC(CO)(c1ccccc1)C(C)N(C)C. The topological polar surface area (TPSA) is 23.5 Å². The van der Waals surface area contributed by atoms with Gasteiger partial charge in [0.2, 0.25) is 0 Å². The Morgan fingerprint density at radius 3 is 2.19 bits per heavy atom. The van der Waals surface area contributed by atoms with Gasteiger partial charge in [-0.05, 0) is 33.0 Å². The van der Waals surface area contributed by atoms with Crippen LogP contribution in [0.1, 0.15) is 25.8 Å². The third kappa shape index (κ3) is 2.28. The molecule has 1 N–H and O–H groups in total. The van der Waals surface area contributed by atoms with Crippen LogP contribution in [0.3, 0.4) is 0 Å². The molecule has 0 aliphatic heterocycles. The summed E-state index contributed by atoms with van der Waals surface area (Å²) in [5, 5.41) is 9.82. The fourth-order valence-electron chi connectivity index (χ4n) is 2.34. The zero-order valence-corrected chi connectivity index (χ0v) is 10.8. The van der Waals surface area contributed by atoms with Crippen molar-refractivity contribution in [1.29, 1.82) is 0 Å². The number of likely N-dealkylation sites (N-methyl/N-ethyl adjacent to an activating group) is 1. The molecule has 0 saturated heterocycles. The highest BCUT2D eigenvalue weighted by Gasteiger charge is 2.36. The molecular formula is C14H23NO. The molecule has 2 nitrogen and oxygen atoms in total. The second-order valence-electron chi connectivity index (χ2n) is 4.67. The van der Waals surface area contributed by atoms with Crippen LogP contribution in [0.15, 0.2) is 30.3 Å². The Hall–Kier alpha value is -0.860. The summed E-state index contributed by atoms with van der Waals surface area (Å²) in [5.41, 5.74) is 1.06. The third-order valence-corrected chi connectivity index (χ3v) is 3.84. The molecule has 2 unspecified atom stereocenters. The maximum Gasteiger partial charge on any atom is 0.0542 e. The number of rotatable bonds is 5. The van der Waals surface area contributed by atoms with Gasteiger partial charge in [-0.15, -0.1) is 0 Å². The molecule has 0 saturated carbocycles. The normalized spacial score (nSPS) is 17.1. The van der Waals surface area contributed by atoms with Crippen LogP contribution in [0.25, 0.3) is 0 Å². The number of hydrogen-bond acceptors (Lipinski definition) is 2. The van der Waals surface area contributed by atoms with Crippen molar-refractivity contribution in [2.75, 3.05) is 20.7 Å². The van der Waals surface area contributed by atoms with Gasteiger partial charge in [-0.1, -0.05) is 37.3 Å². The second kappa shape index (κ2) is 5.46. The maximum atomic E-state index is 9.82. The van der Waals surface area contributed by atoms with Crippen LogP contribution in [0.5, 0.6) is 0 Å². The van der Waals surface area contributed by atoms with E-state index < -0.39 is 0 Å². The van der Waals surface area contributed by atoms with E-state index in [2.05, 4.69) is 45.0 Å². The minimum atomic E-state index is -0.162. The molecule has 1 rings (SSSR count). The van der Waals surface area contributed by atoms with Crippen LogP contribution >= 0.6 is 0 Å². The maximum absolute atomic E-state index is 9.82. The molecule has 0 fully saturated rings. The molecule has 0 aromatic heterocycles. The van der Waals surface area contributed by atoms with Gasteiger partial charge in [0.15, 0.2) is 0 Å². The molecule has 1 aromatic rings. The van der Waals surface area contributed by atoms with E-state index in [1.807, 2.05) is 18.2 Å². The Morgan fingerprint density at radius 2 is 1.81 bits per heavy atom. The van der Waals surface area contributed by atoms with Crippen LogP contribution in [-0.2, 0) is 5.41 Å². The molecule has 0 radical (unpaired) electrons. The van der Waals surface area contributed by atoms with Gasteiger partial charge in [0.05, 0.1) is 6.61 Å². The predicted octanol–water partition coefficient (Wildman–Crippen LogP) is 2.28. The number of nitrogens with zero attached hydrogens (tertiary/aromatic N) is 1. The van der Waals surface area contributed by atoms with Gasteiger partial charge in [0.1, 0.15) is 0 Å². The summed E-state index contributed by atoms with van der Waals surface area (Å²) < 4.78 is 0. The molecule has 1 aromatic carbocycles. The van der Waals surface area contributed by atoms with Crippen molar-refractivity contribution in [1.82, 2.24) is 4.90 Å². The lowest BCUT2D eigenvalue weighted by Crippen LogP contribution is -2.48. The van der Waals surface area contributed by atoms with E-state index in [1.54, 1.807) is 0 Å². The quantitative estimate of drug-likeness (QED) is 0.824. The van der Waals surface area contributed by atoms with E-state index in [1.165, 1.54) is 5.56 Å². The van der Waals surface area contributed by atoms with Crippen molar-refractivity contribution >= 4 is 0 Å². The third-order valence-electron chi connectivity index (χ3n) is 3.84. The van der Waals surface area contributed by atoms with E-state index in [4.69, 9.17) is 0 Å². The van der Waals surface area contributed by atoms with Gasteiger partial charge in [-0.3, -0.25) is 0 Å². The first-order valence-electron chi connectivity index (χ1n) is 5.91. The molecule has 90 valence electrons. The summed E-state index contributed by atoms with van der Waals surface area (Å²) in [4.78, 5) is 2.17. The Labute approximate surface area is 98.9 Å². The number of benzene rings is 1. The first-order valence-corrected chi connectivity index (χ1v) is 5.91. The monoisotopic (exact) mass is 221 g/mol. The van der Waals surface area contributed by atoms with Gasteiger partial charge < -0.3 is 10.0 Å². The fraction of sp³-hybridized carbons (Fsp3) is 0.571. The lowest BCUT2D eigenvalue weighted by molar-refractivity contribution is 0.104. The van der Waals surface area contributed by atoms with Crippen LogP contribution in [0.2, 0.25) is 0 Å². The van der Waals surface area contributed by atoms with Crippen molar-refractivity contribution in [3.63, 3.8) is 0 Å². The number of hydrogen-bond donors (Lipinski definition) is 1. The molecule has 0 aliphatic rings. The first-order chi connectivity index (χ1) is 7.58.